The predicted molar refractivity (Wildman–Crippen MR) is 266 cm³/mol. The number of nitrogens with zero attached hydrogens (tertiary/aromatic N) is 3. The molecule has 7 aromatic carbocycles. The van der Waals surface area contributed by atoms with E-state index >= 15 is 0 Å². The van der Waals surface area contributed by atoms with Crippen molar-refractivity contribution in [1.82, 2.24) is 15.0 Å². The largest absolute Gasteiger partial charge is 3.00 e. The Balaban J connectivity index is 0.000000155. The zero-order valence-corrected chi connectivity index (χ0v) is 39.4. The Morgan fingerprint density at radius 2 is 0.908 bits per heavy atom. The van der Waals surface area contributed by atoms with E-state index in [0.717, 1.165) is 44.9 Å². The summed E-state index contributed by atoms with van der Waals surface area (Å²) in [5.74, 6) is 0. The van der Waals surface area contributed by atoms with Crippen LogP contribution in [-0.4, -0.2) is 15.0 Å². The normalized spacial score (nSPS) is 10.3. The van der Waals surface area contributed by atoms with Crippen molar-refractivity contribution in [3.05, 3.63) is 259 Å². The van der Waals surface area contributed by atoms with Gasteiger partial charge in [-0.2, -0.15) is 0 Å². The Labute approximate surface area is 398 Å². The quantitative estimate of drug-likeness (QED) is 0.149. The topological polar surface area (TPSA) is 38.7 Å². The number of aromatic nitrogens is 3. The average Bonchev–Trinajstić information content (AvgIpc) is 3.36. The Morgan fingerprint density at radius 1 is 0.338 bits per heavy atom. The van der Waals surface area contributed by atoms with Gasteiger partial charge in [0.05, 0.1) is 0 Å². The molecule has 0 N–H and O–H groups in total. The van der Waals surface area contributed by atoms with Gasteiger partial charge in [-0.1, -0.05) is 169 Å². The zero-order valence-electron chi connectivity index (χ0n) is 37.0. The van der Waals surface area contributed by atoms with Crippen molar-refractivity contribution in [2.24, 2.45) is 0 Å². The Bertz CT molecular complexity index is 2890. The van der Waals surface area contributed by atoms with Gasteiger partial charge >= 0.3 is 20.1 Å². The van der Waals surface area contributed by atoms with Gasteiger partial charge in [0.15, 0.2) is 0 Å². The molecule has 0 aliphatic heterocycles. The van der Waals surface area contributed by atoms with Gasteiger partial charge < -0.3 is 15.0 Å². The van der Waals surface area contributed by atoms with Crippen molar-refractivity contribution in [1.29, 1.82) is 0 Å². The summed E-state index contributed by atoms with van der Waals surface area (Å²) < 4.78 is 0. The number of pyridine rings is 3. The van der Waals surface area contributed by atoms with Crippen LogP contribution in [0.2, 0.25) is 0 Å². The van der Waals surface area contributed by atoms with E-state index < -0.39 is 0 Å². The predicted octanol–water partition coefficient (Wildman–Crippen LogP) is 15.5. The fourth-order valence-electron chi connectivity index (χ4n) is 7.44. The van der Waals surface area contributed by atoms with Gasteiger partial charge in [-0.05, 0) is 82.9 Å². The van der Waals surface area contributed by atoms with Crippen LogP contribution in [0, 0.1) is 45.9 Å². The van der Waals surface area contributed by atoms with Crippen molar-refractivity contribution in [2.45, 2.75) is 27.7 Å². The zero-order chi connectivity index (χ0) is 44.1. The van der Waals surface area contributed by atoms with E-state index in [-0.39, 0.29) is 20.1 Å². The number of aryl methyl sites for hydroxylation is 4. The molecule has 0 aliphatic carbocycles. The third-order valence-electron chi connectivity index (χ3n) is 11.0. The fourth-order valence-corrected chi connectivity index (χ4v) is 7.44. The Kier molecular flexibility index (Phi) is 15.7. The summed E-state index contributed by atoms with van der Waals surface area (Å²) in [4.78, 5) is 13.4. The molecule has 0 aliphatic rings. The van der Waals surface area contributed by atoms with Crippen LogP contribution in [0.1, 0.15) is 22.3 Å². The molecule has 65 heavy (non-hydrogen) atoms. The van der Waals surface area contributed by atoms with Crippen LogP contribution in [0.4, 0.5) is 0 Å². The third-order valence-corrected chi connectivity index (χ3v) is 11.0. The second-order valence-electron chi connectivity index (χ2n) is 15.7. The fraction of sp³-hybridized carbons (Fsp3) is 0.0656. The summed E-state index contributed by atoms with van der Waals surface area (Å²) in [6.07, 6.45) is 5.61. The molecule has 0 saturated heterocycles. The standard InChI is InChI=1S/C27H24N.C23H16N.C11H8N.Ir/c1-18-5-13-25(21(4)15-18)22-9-11-23(12-10-22)26-16-24(8-7-20(26)3)27-14-6-19(2)17-28-27;1-3-7-18(8-4-1)20-11-13-21(14-12-20)23-16-15-22(17-24-23)19-9-5-2-6-10-19;1-2-6-10(7-3-1)11-8-4-5-9-12-11;/h5-7,9-17H,1-4H3;1-13,15-17H;1-6,8-9H;/q3*-1;+3. The van der Waals surface area contributed by atoms with Crippen LogP contribution >= 0.6 is 0 Å². The van der Waals surface area contributed by atoms with Gasteiger partial charge in [0.1, 0.15) is 0 Å². The van der Waals surface area contributed by atoms with Gasteiger partial charge in [0, 0.05) is 18.6 Å². The molecule has 0 unspecified atom stereocenters. The molecule has 3 heterocycles. The molecule has 0 atom stereocenters. The summed E-state index contributed by atoms with van der Waals surface area (Å²) in [6, 6.07) is 78.4. The first-order chi connectivity index (χ1) is 31.4. The van der Waals surface area contributed by atoms with Gasteiger partial charge in [0.25, 0.3) is 0 Å². The summed E-state index contributed by atoms with van der Waals surface area (Å²) in [6.45, 7) is 8.50. The van der Waals surface area contributed by atoms with Crippen molar-refractivity contribution in [2.75, 3.05) is 0 Å². The summed E-state index contributed by atoms with van der Waals surface area (Å²) >= 11 is 0. The SMILES string of the molecule is Cc1ccc(-c2[c-]cc(C)c(-c3ccc(-c4ccc(C)cc4C)cc3)c2)nc1.[Ir+3].[c-]1cc(-c2ccccc2)ccc1-c1ccc(-c2ccccc2)cn1.[c-]1ccccc1-c1ccccn1. The molecule has 3 aromatic heterocycles. The maximum atomic E-state index is 4.60. The van der Waals surface area contributed by atoms with Crippen molar-refractivity contribution in [3.63, 3.8) is 0 Å². The monoisotopic (exact) mass is 1020 g/mol. The molecular weight excluding hydrogens is 967 g/mol. The van der Waals surface area contributed by atoms with Gasteiger partial charge in [-0.15, -0.1) is 95.1 Å². The molecule has 4 heteroatoms. The smallest absolute Gasteiger partial charge is 0.305 e. The molecule has 0 spiro atoms. The first kappa shape index (κ1) is 45.7. The minimum absolute atomic E-state index is 0. The van der Waals surface area contributed by atoms with Gasteiger partial charge in [0.2, 0.25) is 0 Å². The maximum Gasteiger partial charge on any atom is 3.00 e. The van der Waals surface area contributed by atoms with E-state index in [1.165, 1.54) is 55.6 Å². The van der Waals surface area contributed by atoms with Crippen LogP contribution in [0.3, 0.4) is 0 Å². The van der Waals surface area contributed by atoms with Crippen molar-refractivity contribution in [3.8, 4) is 78.3 Å². The number of rotatable bonds is 7. The number of hydrogen-bond acceptors (Lipinski definition) is 3. The average molecular weight is 1020 g/mol. The molecule has 0 fully saturated rings. The molecule has 316 valence electrons. The first-order valence-corrected chi connectivity index (χ1v) is 21.5. The van der Waals surface area contributed by atoms with E-state index in [9.17, 15) is 0 Å². The maximum absolute atomic E-state index is 4.60. The Hall–Kier alpha value is -7.36. The summed E-state index contributed by atoms with van der Waals surface area (Å²) in [7, 11) is 0. The van der Waals surface area contributed by atoms with E-state index in [1.54, 1.807) is 6.20 Å². The Morgan fingerprint density at radius 3 is 1.51 bits per heavy atom. The van der Waals surface area contributed by atoms with E-state index in [0.29, 0.717) is 0 Å². The minimum atomic E-state index is 0. The van der Waals surface area contributed by atoms with Crippen LogP contribution < -0.4 is 0 Å². The number of benzene rings is 7. The van der Waals surface area contributed by atoms with Gasteiger partial charge in [-0.3, -0.25) is 0 Å². The molecule has 0 bridgehead atoms. The molecule has 10 aromatic rings. The minimum Gasteiger partial charge on any atom is -0.305 e. The van der Waals surface area contributed by atoms with Gasteiger partial charge in [-0.25, -0.2) is 0 Å². The van der Waals surface area contributed by atoms with Crippen LogP contribution in [0.5, 0.6) is 0 Å². The molecule has 10 rings (SSSR count). The van der Waals surface area contributed by atoms with Crippen LogP contribution in [0.25, 0.3) is 78.3 Å². The van der Waals surface area contributed by atoms with Crippen molar-refractivity contribution < 1.29 is 20.1 Å². The first-order valence-electron chi connectivity index (χ1n) is 21.5. The summed E-state index contributed by atoms with van der Waals surface area (Å²) in [5.41, 5.74) is 20.6. The summed E-state index contributed by atoms with van der Waals surface area (Å²) in [5, 5.41) is 0. The molecule has 3 nitrogen and oxygen atoms in total. The molecular formula is C61H48IrN3. The van der Waals surface area contributed by atoms with Crippen LogP contribution in [0.15, 0.2) is 219 Å². The molecule has 0 amide bonds. The van der Waals surface area contributed by atoms with E-state index in [2.05, 4.69) is 176 Å². The van der Waals surface area contributed by atoms with E-state index in [4.69, 9.17) is 0 Å². The molecule has 0 saturated carbocycles. The second kappa shape index (κ2) is 22.3. The second-order valence-corrected chi connectivity index (χ2v) is 15.7. The molecule has 0 radical (unpaired) electrons. The van der Waals surface area contributed by atoms with Crippen LogP contribution in [-0.2, 0) is 20.1 Å². The third kappa shape index (κ3) is 12.0. The van der Waals surface area contributed by atoms with Crippen molar-refractivity contribution >= 4 is 0 Å². The van der Waals surface area contributed by atoms with E-state index in [1.807, 2.05) is 97.3 Å². The number of hydrogen-bond donors (Lipinski definition) is 0.